The van der Waals surface area contributed by atoms with Crippen LogP contribution in [-0.4, -0.2) is 87.6 Å². The van der Waals surface area contributed by atoms with Gasteiger partial charge >= 0.3 is 0 Å². The highest BCUT2D eigenvalue weighted by molar-refractivity contribution is 6.31. The van der Waals surface area contributed by atoms with Crippen molar-refractivity contribution in [3.05, 3.63) is 69.0 Å². The van der Waals surface area contributed by atoms with E-state index in [1.54, 1.807) is 0 Å². The highest BCUT2D eigenvalue weighted by Crippen LogP contribution is 2.45. The largest absolute Gasteiger partial charge is 0.378 e. The van der Waals surface area contributed by atoms with E-state index in [2.05, 4.69) is 41.7 Å². The summed E-state index contributed by atoms with van der Waals surface area (Å²) in [5.74, 6) is 0.729. The van der Waals surface area contributed by atoms with Crippen LogP contribution in [-0.2, 0) is 27.2 Å². The maximum absolute atomic E-state index is 14.5. The normalized spacial score (nSPS) is 24.4. The molecule has 0 bridgehead atoms. The minimum atomic E-state index is -0.857. The predicted octanol–water partition coefficient (Wildman–Crippen LogP) is 8.56. The number of aromatic amines is 2. The molecule has 2 fully saturated rings. The third-order valence-corrected chi connectivity index (χ3v) is 12.4. The van der Waals surface area contributed by atoms with Gasteiger partial charge in [-0.25, -0.2) is 4.39 Å². The molecular weight excluding hydrogens is 700 g/mol. The van der Waals surface area contributed by atoms with Gasteiger partial charge in [0.1, 0.15) is 6.17 Å². The lowest BCUT2D eigenvalue weighted by atomic mass is 9.82. The summed E-state index contributed by atoms with van der Waals surface area (Å²) in [4.78, 5) is 42.0. The van der Waals surface area contributed by atoms with Gasteiger partial charge in [-0.1, -0.05) is 44.0 Å². The molecule has 0 spiro atoms. The molecule has 4 aromatic rings. The number of hydrogen-bond acceptors (Lipinski definition) is 4. The number of nitrogens with one attached hydrogen (secondary N) is 2. The van der Waals surface area contributed by atoms with Crippen LogP contribution in [0.25, 0.3) is 21.8 Å². The van der Waals surface area contributed by atoms with Crippen molar-refractivity contribution in [1.82, 2.24) is 24.7 Å². The molecule has 278 valence electrons. The maximum Gasteiger partial charge on any atom is 0.237 e. The van der Waals surface area contributed by atoms with Crippen molar-refractivity contribution in [1.29, 1.82) is 0 Å². The molecule has 2 aromatic heterocycles. The average molecular weight is 751 g/mol. The van der Waals surface area contributed by atoms with Gasteiger partial charge in [0.15, 0.2) is 0 Å². The van der Waals surface area contributed by atoms with Crippen LogP contribution < -0.4 is 0 Å². The van der Waals surface area contributed by atoms with Crippen LogP contribution >= 0.6 is 23.2 Å². The van der Waals surface area contributed by atoms with Gasteiger partial charge in [-0.3, -0.25) is 14.5 Å². The van der Waals surface area contributed by atoms with E-state index in [4.69, 9.17) is 27.9 Å². The van der Waals surface area contributed by atoms with Crippen molar-refractivity contribution in [3.8, 4) is 0 Å². The van der Waals surface area contributed by atoms with Crippen LogP contribution in [0.1, 0.15) is 93.9 Å². The van der Waals surface area contributed by atoms with Crippen molar-refractivity contribution >= 4 is 56.8 Å². The SMILES string of the molecule is CC(C)CC1c2[nH]c3ccc(Cl)cc3c2CC(CC(C)CC2c3[nH]c4ccc(Cl)cc4c3CCN2C(=O)CN2CC(F)C2)N1C(=O)CC1CCCO1. The van der Waals surface area contributed by atoms with E-state index in [-0.39, 0.29) is 48.5 Å². The Balaban J connectivity index is 1.13. The number of ether oxygens (including phenoxy) is 1. The van der Waals surface area contributed by atoms with E-state index in [0.717, 1.165) is 78.1 Å². The van der Waals surface area contributed by atoms with E-state index in [1.165, 1.54) is 11.1 Å². The maximum atomic E-state index is 14.5. The van der Waals surface area contributed by atoms with E-state index in [1.807, 2.05) is 40.1 Å². The van der Waals surface area contributed by atoms with Crippen molar-refractivity contribution in [2.24, 2.45) is 11.8 Å². The number of fused-ring (bicyclic) bond motifs is 6. The van der Waals surface area contributed by atoms with E-state index in [9.17, 15) is 14.0 Å². The number of rotatable bonds is 10. The first kappa shape index (κ1) is 35.9. The number of nitrogens with zero attached hydrogens (tertiary/aromatic N) is 3. The number of carbonyl (C=O) groups excluding carboxylic acids is 2. The molecule has 4 aliphatic rings. The minimum Gasteiger partial charge on any atom is -0.378 e. The number of halogens is 3. The molecule has 0 radical (unpaired) electrons. The molecule has 8 rings (SSSR count). The van der Waals surface area contributed by atoms with Gasteiger partial charge < -0.3 is 24.5 Å². The Labute approximate surface area is 315 Å². The van der Waals surface area contributed by atoms with E-state index < -0.39 is 6.17 Å². The molecule has 6 heterocycles. The summed E-state index contributed by atoms with van der Waals surface area (Å²) < 4.78 is 19.7. The Morgan fingerprint density at radius 2 is 1.58 bits per heavy atom. The lowest BCUT2D eigenvalue weighted by Gasteiger charge is -2.45. The third kappa shape index (κ3) is 6.99. The lowest BCUT2D eigenvalue weighted by Crippen LogP contribution is -2.54. The second kappa shape index (κ2) is 14.6. The highest BCUT2D eigenvalue weighted by Gasteiger charge is 2.42. The number of alkyl halides is 1. The summed E-state index contributed by atoms with van der Waals surface area (Å²) in [6.07, 6.45) is 5.23. The summed E-state index contributed by atoms with van der Waals surface area (Å²) >= 11 is 13.0. The fraction of sp³-hybridized carbons (Fsp3) is 0.561. The van der Waals surface area contributed by atoms with Crippen LogP contribution in [0.4, 0.5) is 4.39 Å². The van der Waals surface area contributed by atoms with Crippen LogP contribution in [0.3, 0.4) is 0 Å². The molecule has 2 amide bonds. The monoisotopic (exact) mass is 749 g/mol. The highest BCUT2D eigenvalue weighted by atomic mass is 35.5. The summed E-state index contributed by atoms with van der Waals surface area (Å²) in [6.45, 7) is 8.88. The molecular formula is C41H50Cl2FN5O3. The number of aromatic nitrogens is 2. The van der Waals surface area contributed by atoms with Crippen LogP contribution in [0, 0.1) is 11.8 Å². The van der Waals surface area contributed by atoms with Crippen LogP contribution in [0.15, 0.2) is 36.4 Å². The number of carbonyl (C=O) groups is 2. The van der Waals surface area contributed by atoms with Crippen molar-refractivity contribution < 1.29 is 18.7 Å². The second-order valence-electron chi connectivity index (χ2n) is 16.3. The van der Waals surface area contributed by atoms with Crippen LogP contribution in [0.5, 0.6) is 0 Å². The molecule has 8 nitrogen and oxygen atoms in total. The van der Waals surface area contributed by atoms with Gasteiger partial charge in [0.2, 0.25) is 11.8 Å². The standard InChI is InChI=1S/C41H50Cl2FN5O3/c1-23(2)13-37-41-33(32-17-26(43)7-9-35(32)46-41)18-28(49(37)38(50)19-29-5-4-12-52-29)14-24(3)15-36-40-30(31-16-25(42)6-8-34(31)45-40)10-11-48(36)39(51)22-47-20-27(44)21-47/h6-9,16-17,23-24,27-29,36-37,45-46H,4-5,10-15,18-22H2,1-3H3. The van der Waals surface area contributed by atoms with Crippen molar-refractivity contribution in [2.75, 3.05) is 32.8 Å². The van der Waals surface area contributed by atoms with Gasteiger partial charge in [-0.05, 0) is 104 Å². The van der Waals surface area contributed by atoms with Gasteiger partial charge in [0.05, 0.1) is 31.2 Å². The van der Waals surface area contributed by atoms with Gasteiger partial charge in [-0.2, -0.15) is 0 Å². The Morgan fingerprint density at radius 3 is 2.21 bits per heavy atom. The predicted molar refractivity (Wildman–Crippen MR) is 205 cm³/mol. The zero-order chi connectivity index (χ0) is 36.3. The van der Waals surface area contributed by atoms with Crippen LogP contribution in [0.2, 0.25) is 10.0 Å². The first-order valence-corrected chi connectivity index (χ1v) is 20.0. The molecule has 5 unspecified atom stereocenters. The van der Waals surface area contributed by atoms with Crippen molar-refractivity contribution in [2.45, 2.75) is 103 Å². The lowest BCUT2D eigenvalue weighted by molar-refractivity contribution is -0.140. The van der Waals surface area contributed by atoms with Gasteiger partial charge in [-0.15, -0.1) is 0 Å². The molecule has 2 N–H and O–H groups in total. The molecule has 5 atom stereocenters. The fourth-order valence-corrected chi connectivity index (χ4v) is 9.92. The van der Waals surface area contributed by atoms with E-state index >= 15 is 0 Å². The number of hydrogen-bond donors (Lipinski definition) is 2. The Morgan fingerprint density at radius 1 is 0.904 bits per heavy atom. The fourth-order valence-electron chi connectivity index (χ4n) is 9.57. The molecule has 2 saturated heterocycles. The molecule has 0 aliphatic carbocycles. The number of H-pyrrole nitrogens is 2. The average Bonchev–Trinajstić information content (AvgIpc) is 3.81. The molecule has 2 aromatic carbocycles. The smallest absolute Gasteiger partial charge is 0.237 e. The van der Waals surface area contributed by atoms with E-state index in [0.29, 0.717) is 48.6 Å². The van der Waals surface area contributed by atoms with Gasteiger partial charge in [0.25, 0.3) is 0 Å². The summed E-state index contributed by atoms with van der Waals surface area (Å²) in [6, 6.07) is 11.7. The summed E-state index contributed by atoms with van der Waals surface area (Å²) in [5, 5.41) is 3.63. The van der Waals surface area contributed by atoms with Crippen molar-refractivity contribution in [3.63, 3.8) is 0 Å². The third-order valence-electron chi connectivity index (χ3n) is 11.9. The topological polar surface area (TPSA) is 84.7 Å². The summed E-state index contributed by atoms with van der Waals surface area (Å²) in [7, 11) is 0. The zero-order valence-corrected chi connectivity index (χ0v) is 31.9. The number of amides is 2. The Hall–Kier alpha value is -3.11. The molecule has 0 saturated carbocycles. The zero-order valence-electron chi connectivity index (χ0n) is 30.4. The Kier molecular flexibility index (Phi) is 10.1. The van der Waals surface area contributed by atoms with Gasteiger partial charge in [0, 0.05) is 75.5 Å². The molecule has 4 aliphatic heterocycles. The molecule has 52 heavy (non-hydrogen) atoms. The number of benzene rings is 2. The second-order valence-corrected chi connectivity index (χ2v) is 17.2. The number of likely N-dealkylation sites (tertiary alicyclic amines) is 1. The quantitative estimate of drug-likeness (QED) is 0.170. The molecule has 11 heteroatoms. The first-order valence-electron chi connectivity index (χ1n) is 19.2. The first-order chi connectivity index (χ1) is 25.0. The Bertz CT molecular complexity index is 1960. The summed E-state index contributed by atoms with van der Waals surface area (Å²) in [5.41, 5.74) is 6.73. The minimum absolute atomic E-state index is 0.0329.